The second kappa shape index (κ2) is 14.8. The van der Waals surface area contributed by atoms with E-state index in [2.05, 4.69) is 102 Å². The molecule has 53 heavy (non-hydrogen) atoms. The highest BCUT2D eigenvalue weighted by Crippen LogP contribution is 2.38. The molecule has 4 heterocycles. The van der Waals surface area contributed by atoms with Crippen molar-refractivity contribution >= 4 is 23.4 Å². The van der Waals surface area contributed by atoms with Crippen LogP contribution in [-0.4, -0.2) is 80.4 Å². The van der Waals surface area contributed by atoms with Crippen LogP contribution in [0.15, 0.2) is 111 Å². The van der Waals surface area contributed by atoms with Crippen molar-refractivity contribution in [2.75, 3.05) is 62.6 Å². The van der Waals surface area contributed by atoms with Gasteiger partial charge in [-0.05, 0) is 83.7 Å². The van der Waals surface area contributed by atoms with Crippen LogP contribution in [0.4, 0.5) is 11.4 Å². The number of hydrogen-bond donors (Lipinski definition) is 2. The quantitative estimate of drug-likeness (QED) is 0.229. The van der Waals surface area contributed by atoms with Gasteiger partial charge in [-0.15, -0.1) is 5.73 Å². The minimum absolute atomic E-state index is 0.0250. The standard InChI is InChI=1S/C45H54N6O2/c1-6-37(49-17-19-50(20-18-49)40-9-7-8-38-39(40)25-30(3)44(38)52)26-33-10-12-36(13-11-33)48-45-31(4)24-35-28-51(16-14-34(35)27-47-45)41-22-29(2)23-42-43(32(41)5)46-15-21-53-42/h7-13,27,29,31,45-46,48H,1,3,14-26,28H2,2,4-5H3. The Hall–Kier alpha value is -4.94. The number of carbonyl (C=O) groups excluding carboxylic acids is 1. The van der Waals surface area contributed by atoms with Crippen molar-refractivity contribution in [2.24, 2.45) is 16.8 Å². The van der Waals surface area contributed by atoms with Crippen molar-refractivity contribution < 1.29 is 9.53 Å². The molecular formula is C45H54N6O2. The van der Waals surface area contributed by atoms with Gasteiger partial charge < -0.3 is 30.1 Å². The van der Waals surface area contributed by atoms with Crippen LogP contribution in [0.3, 0.4) is 0 Å². The van der Waals surface area contributed by atoms with E-state index in [1.54, 1.807) is 0 Å². The molecule has 2 aliphatic carbocycles. The third kappa shape index (κ3) is 7.09. The molecule has 3 atom stereocenters. The van der Waals surface area contributed by atoms with Crippen molar-refractivity contribution in [1.82, 2.24) is 15.1 Å². The molecule has 2 aromatic carbocycles. The normalized spacial score (nSPS) is 24.5. The number of allylic oxidation sites excluding steroid dienone is 5. The summed E-state index contributed by atoms with van der Waals surface area (Å²) in [6.07, 6.45) is 7.81. The molecular weight excluding hydrogens is 657 g/mol. The highest BCUT2D eigenvalue weighted by molar-refractivity contribution is 6.13. The van der Waals surface area contributed by atoms with Crippen molar-refractivity contribution in [3.63, 3.8) is 0 Å². The Morgan fingerprint density at radius 3 is 2.64 bits per heavy atom. The molecule has 276 valence electrons. The maximum atomic E-state index is 12.5. The number of ketones is 1. The van der Waals surface area contributed by atoms with E-state index in [0.29, 0.717) is 23.8 Å². The number of anilines is 2. The van der Waals surface area contributed by atoms with Crippen LogP contribution in [0, 0.1) is 11.8 Å². The molecule has 8 nitrogen and oxygen atoms in total. The van der Waals surface area contributed by atoms with Gasteiger partial charge in [0.25, 0.3) is 0 Å². The maximum absolute atomic E-state index is 12.5. The SMILES string of the molecule is C=C=C(Cc1ccc(NC2N=CC3=C(CC2C)CN(C2=C(C)C4=C(CC(C)C2)OCCN4)CC3)cc1)N1CCN(c2cccc3c2CC(=C)C3=O)CC1. The fourth-order valence-corrected chi connectivity index (χ4v) is 9.17. The lowest BCUT2D eigenvalue weighted by Crippen LogP contribution is -2.46. The van der Waals surface area contributed by atoms with Gasteiger partial charge >= 0.3 is 0 Å². The topological polar surface area (TPSA) is 72.4 Å². The smallest absolute Gasteiger partial charge is 0.189 e. The first-order chi connectivity index (χ1) is 25.7. The van der Waals surface area contributed by atoms with E-state index in [1.165, 1.54) is 39.4 Å². The Balaban J connectivity index is 0.861. The Labute approximate surface area is 315 Å². The number of ether oxygens (including phenoxy) is 1. The summed E-state index contributed by atoms with van der Waals surface area (Å²) in [4.78, 5) is 25.1. The van der Waals surface area contributed by atoms with Gasteiger partial charge in [-0.2, -0.15) is 0 Å². The van der Waals surface area contributed by atoms with E-state index in [-0.39, 0.29) is 11.9 Å². The van der Waals surface area contributed by atoms with Crippen molar-refractivity contribution in [3.8, 4) is 0 Å². The summed E-state index contributed by atoms with van der Waals surface area (Å²) in [7, 11) is 0. The third-order valence-corrected chi connectivity index (χ3v) is 12.2. The van der Waals surface area contributed by atoms with E-state index < -0.39 is 0 Å². The van der Waals surface area contributed by atoms with Gasteiger partial charge in [0.1, 0.15) is 18.5 Å². The van der Waals surface area contributed by atoms with Crippen molar-refractivity contribution in [3.05, 3.63) is 123 Å². The van der Waals surface area contributed by atoms with Gasteiger partial charge in [0, 0.05) is 99.8 Å². The first kappa shape index (κ1) is 35.1. The molecule has 1 fully saturated rings. The van der Waals surface area contributed by atoms with Crippen molar-refractivity contribution in [1.29, 1.82) is 0 Å². The number of aliphatic imine (C=N–C) groups is 1. The zero-order valence-electron chi connectivity index (χ0n) is 31.8. The molecule has 0 bridgehead atoms. The number of piperazine rings is 1. The fraction of sp³-hybridized carbons (Fsp3) is 0.444. The van der Waals surface area contributed by atoms with Crippen LogP contribution < -0.4 is 15.5 Å². The maximum Gasteiger partial charge on any atom is 0.189 e. The van der Waals surface area contributed by atoms with E-state index in [4.69, 9.17) is 9.73 Å². The number of carbonyl (C=O) groups is 1. The van der Waals surface area contributed by atoms with Gasteiger partial charge in [-0.3, -0.25) is 9.79 Å². The number of nitrogens with zero attached hydrogens (tertiary/aromatic N) is 4. The molecule has 0 aromatic heterocycles. The van der Waals surface area contributed by atoms with Crippen LogP contribution in [0.25, 0.3) is 0 Å². The summed E-state index contributed by atoms with van der Waals surface area (Å²) in [5.74, 6) is 2.17. The van der Waals surface area contributed by atoms with Crippen molar-refractivity contribution in [2.45, 2.75) is 65.5 Å². The minimum atomic E-state index is 0.0250. The Morgan fingerprint density at radius 2 is 1.85 bits per heavy atom. The van der Waals surface area contributed by atoms with Crippen LogP contribution in [0.2, 0.25) is 0 Å². The monoisotopic (exact) mass is 710 g/mol. The largest absolute Gasteiger partial charge is 0.494 e. The number of hydrogen-bond acceptors (Lipinski definition) is 8. The molecule has 2 N–H and O–H groups in total. The average molecular weight is 711 g/mol. The fourth-order valence-electron chi connectivity index (χ4n) is 9.17. The summed E-state index contributed by atoms with van der Waals surface area (Å²) in [5.41, 5.74) is 17.6. The molecule has 4 aliphatic heterocycles. The molecule has 0 saturated carbocycles. The highest BCUT2D eigenvalue weighted by Gasteiger charge is 2.32. The molecule has 8 rings (SSSR count). The molecule has 0 radical (unpaired) electrons. The predicted octanol–water partition coefficient (Wildman–Crippen LogP) is 7.40. The predicted molar refractivity (Wildman–Crippen MR) is 215 cm³/mol. The highest BCUT2D eigenvalue weighted by atomic mass is 16.5. The lowest BCUT2D eigenvalue weighted by atomic mass is 9.91. The summed E-state index contributed by atoms with van der Waals surface area (Å²) in [6, 6.07) is 14.9. The van der Waals surface area contributed by atoms with E-state index in [0.717, 1.165) is 113 Å². The Bertz CT molecular complexity index is 1970. The van der Waals surface area contributed by atoms with Gasteiger partial charge in [0.05, 0.1) is 11.4 Å². The van der Waals surface area contributed by atoms with Gasteiger partial charge in [-0.1, -0.05) is 51.3 Å². The molecule has 8 heteroatoms. The summed E-state index contributed by atoms with van der Waals surface area (Å²) < 4.78 is 6.11. The van der Waals surface area contributed by atoms with Crippen LogP contribution >= 0.6 is 0 Å². The number of rotatable bonds is 7. The molecule has 0 amide bonds. The van der Waals surface area contributed by atoms with E-state index in [1.807, 2.05) is 12.1 Å². The molecule has 3 unspecified atom stereocenters. The second-order valence-electron chi connectivity index (χ2n) is 15.9. The molecule has 0 spiro atoms. The lowest BCUT2D eigenvalue weighted by molar-refractivity contribution is 0.104. The first-order valence-corrected chi connectivity index (χ1v) is 19.6. The zero-order valence-corrected chi connectivity index (χ0v) is 31.8. The summed E-state index contributed by atoms with van der Waals surface area (Å²) >= 11 is 0. The molecule has 2 aromatic rings. The van der Waals surface area contributed by atoms with Gasteiger partial charge in [0.15, 0.2) is 5.78 Å². The van der Waals surface area contributed by atoms with E-state index in [9.17, 15) is 4.79 Å². The number of nitrogens with one attached hydrogen (secondary N) is 2. The van der Waals surface area contributed by atoms with Crippen LogP contribution in [0.1, 0.15) is 67.9 Å². The average Bonchev–Trinajstić information content (AvgIpc) is 3.29. The Kier molecular flexibility index (Phi) is 9.82. The van der Waals surface area contributed by atoms with Gasteiger partial charge in [0.2, 0.25) is 0 Å². The lowest BCUT2D eigenvalue weighted by Gasteiger charge is -2.38. The number of benzene rings is 2. The third-order valence-electron chi connectivity index (χ3n) is 12.2. The van der Waals surface area contributed by atoms with Crippen LogP contribution in [0.5, 0.6) is 0 Å². The Morgan fingerprint density at radius 1 is 1.04 bits per heavy atom. The molecule has 6 aliphatic rings. The summed E-state index contributed by atoms with van der Waals surface area (Å²) in [5, 5.41) is 7.41. The van der Waals surface area contributed by atoms with E-state index >= 15 is 0 Å². The molecule has 1 saturated heterocycles. The minimum Gasteiger partial charge on any atom is -0.494 e. The zero-order chi connectivity index (χ0) is 36.6. The first-order valence-electron chi connectivity index (χ1n) is 19.6. The second-order valence-corrected chi connectivity index (χ2v) is 15.9. The summed E-state index contributed by atoms with van der Waals surface area (Å²) in [6.45, 7) is 22.3. The number of Topliss-reactive ketones (excluding diaryl/α,β-unsaturated/α-hetero) is 1. The van der Waals surface area contributed by atoms with Gasteiger partial charge in [-0.25, -0.2) is 0 Å². The van der Waals surface area contributed by atoms with Crippen LogP contribution in [-0.2, 0) is 17.6 Å². The number of fused-ring (bicyclic) bond motifs is 1.